The lowest BCUT2D eigenvalue weighted by Crippen LogP contribution is -2.13. The van der Waals surface area contributed by atoms with Crippen LogP contribution in [0.4, 0.5) is 0 Å². The summed E-state index contributed by atoms with van der Waals surface area (Å²) >= 11 is 2.16. The Labute approximate surface area is 142 Å². The summed E-state index contributed by atoms with van der Waals surface area (Å²) in [6.07, 6.45) is 0. The molecule has 0 spiro atoms. The van der Waals surface area contributed by atoms with E-state index in [2.05, 4.69) is 22.6 Å². The van der Waals surface area contributed by atoms with Crippen LogP contribution in [0.15, 0.2) is 42.5 Å². The Morgan fingerprint density at radius 2 is 1.82 bits per heavy atom. The molecule has 0 bridgehead atoms. The standard InChI is InChI=1S/C17H15IO4/c1-3-21-17(20)13-6-4-5-7-15(13)22-16(19)12-9-8-11(2)14(18)10-12/h4-10H,3H2,1-2H3. The van der Waals surface area contributed by atoms with E-state index in [1.807, 2.05) is 13.0 Å². The van der Waals surface area contributed by atoms with Crippen LogP contribution >= 0.6 is 22.6 Å². The van der Waals surface area contributed by atoms with Crippen molar-refractivity contribution in [2.45, 2.75) is 13.8 Å². The molecule has 22 heavy (non-hydrogen) atoms. The predicted molar refractivity (Wildman–Crippen MR) is 91.3 cm³/mol. The minimum absolute atomic E-state index is 0.196. The third-order valence-electron chi connectivity index (χ3n) is 2.99. The molecule has 4 nitrogen and oxygen atoms in total. The highest BCUT2D eigenvalue weighted by Crippen LogP contribution is 2.21. The Morgan fingerprint density at radius 3 is 2.50 bits per heavy atom. The van der Waals surface area contributed by atoms with Gasteiger partial charge in [-0.25, -0.2) is 9.59 Å². The molecule has 0 fully saturated rings. The molecule has 0 aliphatic rings. The van der Waals surface area contributed by atoms with Crippen molar-refractivity contribution in [3.8, 4) is 5.75 Å². The first-order chi connectivity index (χ1) is 10.5. The van der Waals surface area contributed by atoms with Gasteiger partial charge in [0.05, 0.1) is 12.2 Å². The van der Waals surface area contributed by atoms with Crippen LogP contribution in [0.2, 0.25) is 0 Å². The Kier molecular flexibility index (Phi) is 5.54. The molecule has 0 aliphatic heterocycles. The summed E-state index contributed by atoms with van der Waals surface area (Å²) < 4.78 is 11.3. The molecule has 0 aliphatic carbocycles. The molecule has 0 saturated heterocycles. The number of carbonyl (C=O) groups excluding carboxylic acids is 2. The second kappa shape index (κ2) is 7.40. The number of halogens is 1. The zero-order valence-electron chi connectivity index (χ0n) is 12.3. The number of aryl methyl sites for hydroxylation is 1. The van der Waals surface area contributed by atoms with Gasteiger partial charge in [0.2, 0.25) is 0 Å². The van der Waals surface area contributed by atoms with Crippen LogP contribution in [-0.2, 0) is 4.74 Å². The first-order valence-electron chi connectivity index (χ1n) is 6.77. The molecule has 0 amide bonds. The van der Waals surface area contributed by atoms with Gasteiger partial charge in [-0.1, -0.05) is 18.2 Å². The van der Waals surface area contributed by atoms with Crippen LogP contribution in [0.1, 0.15) is 33.2 Å². The number of carbonyl (C=O) groups is 2. The first-order valence-corrected chi connectivity index (χ1v) is 7.85. The third-order valence-corrected chi connectivity index (χ3v) is 4.15. The number of hydrogen-bond acceptors (Lipinski definition) is 4. The van der Waals surface area contributed by atoms with Crippen molar-refractivity contribution in [3.05, 3.63) is 62.7 Å². The Morgan fingerprint density at radius 1 is 1.09 bits per heavy atom. The highest BCUT2D eigenvalue weighted by Gasteiger charge is 2.17. The summed E-state index contributed by atoms with van der Waals surface area (Å²) in [5.74, 6) is -0.819. The van der Waals surface area contributed by atoms with Gasteiger partial charge in [-0.05, 0) is 66.3 Å². The van der Waals surface area contributed by atoms with E-state index in [-0.39, 0.29) is 17.9 Å². The monoisotopic (exact) mass is 410 g/mol. The van der Waals surface area contributed by atoms with Gasteiger partial charge in [-0.3, -0.25) is 0 Å². The summed E-state index contributed by atoms with van der Waals surface area (Å²) in [4.78, 5) is 24.1. The van der Waals surface area contributed by atoms with Gasteiger partial charge in [-0.15, -0.1) is 0 Å². The van der Waals surface area contributed by atoms with Crippen LogP contribution in [0, 0.1) is 10.5 Å². The van der Waals surface area contributed by atoms with Crippen LogP contribution in [0.25, 0.3) is 0 Å². The number of para-hydroxylation sites is 1. The largest absolute Gasteiger partial charge is 0.462 e. The molecule has 0 unspecified atom stereocenters. The molecule has 2 aromatic carbocycles. The second-order valence-electron chi connectivity index (χ2n) is 4.57. The van der Waals surface area contributed by atoms with E-state index in [0.29, 0.717) is 5.56 Å². The van der Waals surface area contributed by atoms with Gasteiger partial charge in [0.15, 0.2) is 0 Å². The Balaban J connectivity index is 2.25. The minimum Gasteiger partial charge on any atom is -0.462 e. The average molecular weight is 410 g/mol. The third kappa shape index (κ3) is 3.85. The molecule has 2 aromatic rings. The highest BCUT2D eigenvalue weighted by molar-refractivity contribution is 14.1. The molecule has 0 N–H and O–H groups in total. The van der Waals surface area contributed by atoms with E-state index in [1.54, 1.807) is 43.3 Å². The van der Waals surface area contributed by atoms with Crippen molar-refractivity contribution >= 4 is 34.5 Å². The quantitative estimate of drug-likeness (QED) is 0.435. The molecule has 0 heterocycles. The van der Waals surface area contributed by atoms with E-state index in [1.165, 1.54) is 0 Å². The zero-order valence-corrected chi connectivity index (χ0v) is 14.4. The maximum atomic E-state index is 12.2. The SMILES string of the molecule is CCOC(=O)c1ccccc1OC(=O)c1ccc(C)c(I)c1. The minimum atomic E-state index is -0.510. The molecule has 0 saturated carbocycles. The smallest absolute Gasteiger partial charge is 0.343 e. The Hall–Kier alpha value is -1.89. The topological polar surface area (TPSA) is 52.6 Å². The van der Waals surface area contributed by atoms with Crippen LogP contribution in [-0.4, -0.2) is 18.5 Å². The molecule has 0 atom stereocenters. The molecular weight excluding hydrogens is 395 g/mol. The normalized spacial score (nSPS) is 10.1. The maximum Gasteiger partial charge on any atom is 0.343 e. The number of ether oxygens (including phenoxy) is 2. The fourth-order valence-electron chi connectivity index (χ4n) is 1.81. The lowest BCUT2D eigenvalue weighted by molar-refractivity contribution is 0.0520. The molecule has 5 heteroatoms. The van der Waals surface area contributed by atoms with E-state index in [9.17, 15) is 9.59 Å². The van der Waals surface area contributed by atoms with Gasteiger partial charge in [-0.2, -0.15) is 0 Å². The highest BCUT2D eigenvalue weighted by atomic mass is 127. The van der Waals surface area contributed by atoms with Gasteiger partial charge in [0, 0.05) is 3.57 Å². The molecule has 0 aromatic heterocycles. The molecule has 0 radical (unpaired) electrons. The van der Waals surface area contributed by atoms with Crippen LogP contribution < -0.4 is 4.74 Å². The lowest BCUT2D eigenvalue weighted by Gasteiger charge is -2.10. The van der Waals surface area contributed by atoms with Crippen molar-refractivity contribution in [2.24, 2.45) is 0 Å². The van der Waals surface area contributed by atoms with Gasteiger partial charge in [0.25, 0.3) is 0 Å². The van der Waals surface area contributed by atoms with Crippen molar-refractivity contribution in [2.75, 3.05) is 6.61 Å². The average Bonchev–Trinajstić information content (AvgIpc) is 2.50. The van der Waals surface area contributed by atoms with Crippen molar-refractivity contribution < 1.29 is 19.1 Å². The van der Waals surface area contributed by atoms with Gasteiger partial charge < -0.3 is 9.47 Å². The fraction of sp³-hybridized carbons (Fsp3) is 0.176. The number of hydrogen-bond donors (Lipinski definition) is 0. The van der Waals surface area contributed by atoms with Crippen LogP contribution in [0.5, 0.6) is 5.75 Å². The molecular formula is C17H15IO4. The summed E-state index contributed by atoms with van der Waals surface area (Å²) in [6, 6.07) is 11.8. The summed E-state index contributed by atoms with van der Waals surface area (Å²) in [6.45, 7) is 3.95. The van der Waals surface area contributed by atoms with Gasteiger partial charge in [0.1, 0.15) is 11.3 Å². The fourth-order valence-corrected chi connectivity index (χ4v) is 2.33. The summed E-state index contributed by atoms with van der Waals surface area (Å²) in [5.41, 5.74) is 1.76. The van der Waals surface area contributed by atoms with E-state index in [4.69, 9.17) is 9.47 Å². The predicted octanol–water partition coefficient (Wildman–Crippen LogP) is 4.00. The number of rotatable bonds is 4. The van der Waals surface area contributed by atoms with Crippen molar-refractivity contribution in [1.29, 1.82) is 0 Å². The summed E-state index contributed by atoms with van der Waals surface area (Å²) in [5, 5.41) is 0. The molecule has 2 rings (SSSR count). The van der Waals surface area contributed by atoms with Crippen molar-refractivity contribution in [1.82, 2.24) is 0 Å². The van der Waals surface area contributed by atoms with Crippen molar-refractivity contribution in [3.63, 3.8) is 0 Å². The van der Waals surface area contributed by atoms with E-state index in [0.717, 1.165) is 9.13 Å². The Bertz CT molecular complexity index is 710. The molecule has 114 valence electrons. The van der Waals surface area contributed by atoms with E-state index >= 15 is 0 Å². The maximum absolute atomic E-state index is 12.2. The number of esters is 2. The van der Waals surface area contributed by atoms with E-state index < -0.39 is 11.9 Å². The lowest BCUT2D eigenvalue weighted by atomic mass is 10.1. The zero-order chi connectivity index (χ0) is 16.1. The first kappa shape index (κ1) is 16.5. The summed E-state index contributed by atoms with van der Waals surface area (Å²) in [7, 11) is 0. The van der Waals surface area contributed by atoms with Crippen LogP contribution in [0.3, 0.4) is 0 Å². The van der Waals surface area contributed by atoms with Gasteiger partial charge >= 0.3 is 11.9 Å². The number of benzene rings is 2. The second-order valence-corrected chi connectivity index (χ2v) is 5.73.